The Morgan fingerprint density at radius 1 is 1.00 bits per heavy atom. The van der Waals surface area contributed by atoms with Gasteiger partial charge < -0.3 is 5.32 Å². The van der Waals surface area contributed by atoms with Crippen molar-refractivity contribution in [1.82, 2.24) is 5.32 Å². The van der Waals surface area contributed by atoms with Gasteiger partial charge in [-0.1, -0.05) is 36.8 Å². The summed E-state index contributed by atoms with van der Waals surface area (Å²) in [5.74, 6) is -1.05. The third-order valence-corrected chi connectivity index (χ3v) is 3.48. The minimum Gasteiger partial charge on any atom is -0.310 e. The molecule has 0 aliphatic carbocycles. The summed E-state index contributed by atoms with van der Waals surface area (Å²) in [5, 5.41) is 3.45. The lowest BCUT2D eigenvalue weighted by molar-refractivity contribution is 0.522. The highest BCUT2D eigenvalue weighted by molar-refractivity contribution is 5.27. The number of hydrogen-bond donors (Lipinski definition) is 1. The topological polar surface area (TPSA) is 12.0 Å². The monoisotopic (exact) mass is 289 g/mol. The summed E-state index contributed by atoms with van der Waals surface area (Å²) in [6.45, 7) is 5.01. The van der Waals surface area contributed by atoms with Crippen molar-refractivity contribution in [3.05, 3.63) is 70.8 Å². The van der Waals surface area contributed by atoms with E-state index in [0.717, 1.165) is 24.6 Å². The van der Waals surface area contributed by atoms with Gasteiger partial charge in [-0.2, -0.15) is 0 Å². The van der Waals surface area contributed by atoms with Crippen molar-refractivity contribution in [3.63, 3.8) is 0 Å². The van der Waals surface area contributed by atoms with Crippen LogP contribution in [-0.4, -0.2) is 6.54 Å². The van der Waals surface area contributed by atoms with Crippen LogP contribution in [0.1, 0.15) is 36.1 Å². The summed E-state index contributed by atoms with van der Waals surface area (Å²) in [6.07, 6.45) is 1.58. The molecule has 1 N–H and O–H groups in total. The molecule has 0 bridgehead atoms. The predicted octanol–water partition coefficient (Wildman–Crippen LogP) is 4.56. The number of aryl methyl sites for hydroxylation is 1. The lowest BCUT2D eigenvalue weighted by Crippen LogP contribution is -2.24. The molecular weight excluding hydrogens is 268 g/mol. The fraction of sp³-hybridized carbons (Fsp3) is 0.333. The lowest BCUT2D eigenvalue weighted by Gasteiger charge is -2.19. The van der Waals surface area contributed by atoms with Crippen molar-refractivity contribution < 1.29 is 8.78 Å². The standard InChI is InChI=1S/C18H21F2N/c1-3-8-21-18(15-6-4-13(2)5-7-15)11-14-9-16(19)12-17(20)10-14/h4-7,9-10,12,18,21H,3,8,11H2,1-2H3. The molecule has 1 atom stereocenters. The summed E-state index contributed by atoms with van der Waals surface area (Å²) in [5.41, 5.74) is 3.00. The molecule has 2 aromatic rings. The highest BCUT2D eigenvalue weighted by Crippen LogP contribution is 2.20. The van der Waals surface area contributed by atoms with Crippen LogP contribution in [0.2, 0.25) is 0 Å². The van der Waals surface area contributed by atoms with Gasteiger partial charge in [0.25, 0.3) is 0 Å². The molecule has 1 nitrogen and oxygen atoms in total. The molecule has 0 saturated carbocycles. The van der Waals surface area contributed by atoms with Crippen LogP contribution in [0, 0.1) is 18.6 Å². The molecule has 112 valence electrons. The number of nitrogens with one attached hydrogen (secondary N) is 1. The van der Waals surface area contributed by atoms with E-state index in [9.17, 15) is 8.78 Å². The first-order valence-corrected chi connectivity index (χ1v) is 7.33. The second-order valence-electron chi connectivity index (χ2n) is 5.40. The van der Waals surface area contributed by atoms with Crippen LogP contribution < -0.4 is 5.32 Å². The van der Waals surface area contributed by atoms with E-state index in [0.29, 0.717) is 12.0 Å². The van der Waals surface area contributed by atoms with E-state index in [1.807, 2.05) is 6.92 Å². The first-order valence-electron chi connectivity index (χ1n) is 7.33. The zero-order chi connectivity index (χ0) is 15.2. The van der Waals surface area contributed by atoms with Crippen LogP contribution in [0.4, 0.5) is 8.78 Å². The normalized spacial score (nSPS) is 12.4. The van der Waals surface area contributed by atoms with Crippen LogP contribution >= 0.6 is 0 Å². The maximum absolute atomic E-state index is 13.3. The predicted molar refractivity (Wildman–Crippen MR) is 82.3 cm³/mol. The van der Waals surface area contributed by atoms with Crippen LogP contribution in [0.5, 0.6) is 0 Å². The molecule has 0 fully saturated rings. The van der Waals surface area contributed by atoms with E-state index >= 15 is 0 Å². The fourth-order valence-electron chi connectivity index (χ4n) is 2.39. The summed E-state index contributed by atoms with van der Waals surface area (Å²) in [6, 6.07) is 12.0. The fourth-order valence-corrected chi connectivity index (χ4v) is 2.39. The Kier molecular flexibility index (Phi) is 5.45. The second kappa shape index (κ2) is 7.32. The van der Waals surface area contributed by atoms with Gasteiger partial charge in [-0.05, 0) is 49.6 Å². The summed E-state index contributed by atoms with van der Waals surface area (Å²) >= 11 is 0. The molecule has 0 spiro atoms. The molecule has 2 aromatic carbocycles. The summed E-state index contributed by atoms with van der Waals surface area (Å²) in [4.78, 5) is 0. The van der Waals surface area contributed by atoms with Crippen molar-refractivity contribution in [2.75, 3.05) is 6.54 Å². The van der Waals surface area contributed by atoms with E-state index in [1.54, 1.807) is 0 Å². The molecule has 1 unspecified atom stereocenters. The molecule has 2 rings (SSSR count). The first kappa shape index (κ1) is 15.6. The summed E-state index contributed by atoms with van der Waals surface area (Å²) < 4.78 is 26.7. The third kappa shape index (κ3) is 4.64. The van der Waals surface area contributed by atoms with Crippen molar-refractivity contribution in [2.45, 2.75) is 32.7 Å². The quantitative estimate of drug-likeness (QED) is 0.822. The Labute approximate surface area is 125 Å². The highest BCUT2D eigenvalue weighted by atomic mass is 19.1. The number of halogens is 2. The van der Waals surface area contributed by atoms with Gasteiger partial charge in [0.15, 0.2) is 0 Å². The zero-order valence-electron chi connectivity index (χ0n) is 12.5. The average Bonchev–Trinajstić information content (AvgIpc) is 2.43. The maximum Gasteiger partial charge on any atom is 0.126 e. The molecule has 0 saturated heterocycles. The number of hydrogen-bond acceptors (Lipinski definition) is 1. The minimum atomic E-state index is -0.525. The van der Waals surface area contributed by atoms with Crippen LogP contribution in [-0.2, 0) is 6.42 Å². The van der Waals surface area contributed by atoms with Gasteiger partial charge in [0.05, 0.1) is 0 Å². The molecule has 0 aliphatic heterocycles. The van der Waals surface area contributed by atoms with Gasteiger partial charge in [-0.15, -0.1) is 0 Å². The van der Waals surface area contributed by atoms with Gasteiger partial charge in [-0.25, -0.2) is 8.78 Å². The van der Waals surface area contributed by atoms with Crippen molar-refractivity contribution in [2.24, 2.45) is 0 Å². The Balaban J connectivity index is 2.21. The molecule has 0 heterocycles. The molecular formula is C18H21F2N. The lowest BCUT2D eigenvalue weighted by atomic mass is 9.97. The largest absolute Gasteiger partial charge is 0.310 e. The average molecular weight is 289 g/mol. The molecule has 3 heteroatoms. The van der Waals surface area contributed by atoms with Crippen molar-refractivity contribution in [1.29, 1.82) is 0 Å². The maximum atomic E-state index is 13.3. The zero-order valence-corrected chi connectivity index (χ0v) is 12.5. The van der Waals surface area contributed by atoms with Crippen LogP contribution in [0.3, 0.4) is 0 Å². The van der Waals surface area contributed by atoms with E-state index in [4.69, 9.17) is 0 Å². The van der Waals surface area contributed by atoms with Gasteiger partial charge in [0.1, 0.15) is 11.6 Å². The molecule has 0 aliphatic rings. The van der Waals surface area contributed by atoms with Crippen molar-refractivity contribution in [3.8, 4) is 0 Å². The van der Waals surface area contributed by atoms with E-state index < -0.39 is 11.6 Å². The Bertz CT molecular complexity index is 558. The smallest absolute Gasteiger partial charge is 0.126 e. The minimum absolute atomic E-state index is 0.0618. The van der Waals surface area contributed by atoms with E-state index in [2.05, 4.69) is 36.5 Å². The summed E-state index contributed by atoms with van der Waals surface area (Å²) in [7, 11) is 0. The van der Waals surface area contributed by atoms with Gasteiger partial charge >= 0.3 is 0 Å². The van der Waals surface area contributed by atoms with Gasteiger partial charge in [-0.3, -0.25) is 0 Å². The molecule has 21 heavy (non-hydrogen) atoms. The van der Waals surface area contributed by atoms with Gasteiger partial charge in [0, 0.05) is 12.1 Å². The Hall–Kier alpha value is -1.74. The SMILES string of the molecule is CCCNC(Cc1cc(F)cc(F)c1)c1ccc(C)cc1. The van der Waals surface area contributed by atoms with E-state index in [1.165, 1.54) is 17.7 Å². The first-order chi connectivity index (χ1) is 10.1. The Morgan fingerprint density at radius 3 is 2.19 bits per heavy atom. The highest BCUT2D eigenvalue weighted by Gasteiger charge is 2.12. The van der Waals surface area contributed by atoms with Crippen molar-refractivity contribution >= 4 is 0 Å². The van der Waals surface area contributed by atoms with Crippen LogP contribution in [0.25, 0.3) is 0 Å². The molecule has 0 amide bonds. The van der Waals surface area contributed by atoms with Crippen LogP contribution in [0.15, 0.2) is 42.5 Å². The molecule has 0 aromatic heterocycles. The van der Waals surface area contributed by atoms with E-state index in [-0.39, 0.29) is 6.04 Å². The number of benzene rings is 2. The number of rotatable bonds is 6. The Morgan fingerprint density at radius 2 is 1.62 bits per heavy atom. The third-order valence-electron chi connectivity index (χ3n) is 3.48. The molecule has 0 radical (unpaired) electrons. The second-order valence-corrected chi connectivity index (χ2v) is 5.40. The van der Waals surface area contributed by atoms with Gasteiger partial charge in [0.2, 0.25) is 0 Å².